The minimum Gasteiger partial charge on any atom is -0.507 e. The van der Waals surface area contributed by atoms with Gasteiger partial charge >= 0.3 is 0 Å². The molecule has 0 unspecified atom stereocenters. The quantitative estimate of drug-likeness (QED) is 0.474. The third kappa shape index (κ3) is 3.17. The van der Waals surface area contributed by atoms with Crippen molar-refractivity contribution in [1.82, 2.24) is 0 Å². The van der Waals surface area contributed by atoms with Crippen molar-refractivity contribution in [2.75, 3.05) is 0 Å². The summed E-state index contributed by atoms with van der Waals surface area (Å²) < 4.78 is 5.72. The summed E-state index contributed by atoms with van der Waals surface area (Å²) in [6.07, 6.45) is 0. The second kappa shape index (κ2) is 7.15. The van der Waals surface area contributed by atoms with Gasteiger partial charge in [0.05, 0.1) is 15.5 Å². The summed E-state index contributed by atoms with van der Waals surface area (Å²) in [7, 11) is 0. The standard InChI is InChI=1S/C15H10O3S.As.Cu/c16-10-7-4-8-11-13(10)14(19)12(15(17)18-11)9-5-2-1-3-6-9;;/h1-8,16-17H;;. The van der Waals surface area contributed by atoms with Gasteiger partial charge < -0.3 is 14.6 Å². The van der Waals surface area contributed by atoms with Crippen LogP contribution in [0.1, 0.15) is 0 Å². The van der Waals surface area contributed by atoms with Crippen molar-refractivity contribution in [3.8, 4) is 22.8 Å². The maximum atomic E-state index is 10.0. The molecule has 21 heavy (non-hydrogen) atoms. The molecule has 2 aromatic carbocycles. The van der Waals surface area contributed by atoms with Crippen LogP contribution < -0.4 is 0 Å². The van der Waals surface area contributed by atoms with E-state index in [4.69, 9.17) is 16.6 Å². The monoisotopic (exact) mass is 408 g/mol. The zero-order valence-corrected chi connectivity index (χ0v) is 14.2. The molecular formula is C15H10AsCuO3S. The molecule has 110 valence electrons. The van der Waals surface area contributed by atoms with Gasteiger partial charge in [0.15, 0.2) is 0 Å². The molecule has 0 atom stereocenters. The zero-order chi connectivity index (χ0) is 13.4. The van der Waals surface area contributed by atoms with E-state index in [-0.39, 0.29) is 46.7 Å². The minimum absolute atomic E-state index is 0. The van der Waals surface area contributed by atoms with E-state index in [9.17, 15) is 10.2 Å². The molecule has 0 fully saturated rings. The van der Waals surface area contributed by atoms with E-state index in [0.29, 0.717) is 21.0 Å². The van der Waals surface area contributed by atoms with Crippen LogP contribution in [0.15, 0.2) is 52.9 Å². The number of hydrogen-bond acceptors (Lipinski definition) is 4. The predicted octanol–water partition coefficient (Wildman–Crippen LogP) is 3.86. The molecule has 2 N–H and O–H groups in total. The summed E-state index contributed by atoms with van der Waals surface area (Å²) in [5, 5.41) is 20.4. The number of fused-ring (bicyclic) bond motifs is 1. The Morgan fingerprint density at radius 3 is 2.24 bits per heavy atom. The van der Waals surface area contributed by atoms with Crippen molar-refractivity contribution < 1.29 is 31.7 Å². The normalized spacial score (nSPS) is 9.71. The molecule has 6 heteroatoms. The summed E-state index contributed by atoms with van der Waals surface area (Å²) in [6, 6.07) is 14.0. The third-order valence-electron chi connectivity index (χ3n) is 2.94. The van der Waals surface area contributed by atoms with Crippen molar-refractivity contribution in [3.05, 3.63) is 53.0 Å². The van der Waals surface area contributed by atoms with Crippen LogP contribution in [-0.2, 0) is 17.1 Å². The van der Waals surface area contributed by atoms with Gasteiger partial charge in [0, 0.05) is 35.0 Å². The summed E-state index contributed by atoms with van der Waals surface area (Å²) in [4.78, 5) is 0. The topological polar surface area (TPSA) is 53.6 Å². The Kier molecular flexibility index (Phi) is 6.06. The summed E-state index contributed by atoms with van der Waals surface area (Å²) in [6.45, 7) is 0. The van der Waals surface area contributed by atoms with Crippen molar-refractivity contribution in [2.45, 2.75) is 0 Å². The minimum atomic E-state index is -0.241. The number of hydrogen-bond donors (Lipinski definition) is 2. The van der Waals surface area contributed by atoms with E-state index in [2.05, 4.69) is 0 Å². The molecule has 4 radical (unpaired) electrons. The number of phenols is 1. The molecular weight excluding hydrogens is 399 g/mol. The molecule has 0 saturated carbocycles. The predicted molar refractivity (Wildman–Crippen MR) is 81.6 cm³/mol. The first-order valence-electron chi connectivity index (χ1n) is 5.71. The number of benzene rings is 2. The van der Waals surface area contributed by atoms with Gasteiger partial charge in [0.1, 0.15) is 11.3 Å². The third-order valence-corrected chi connectivity index (χ3v) is 3.35. The molecule has 0 amide bonds. The van der Waals surface area contributed by atoms with Crippen LogP contribution in [0.25, 0.3) is 22.1 Å². The van der Waals surface area contributed by atoms with Crippen molar-refractivity contribution in [1.29, 1.82) is 0 Å². The molecule has 0 saturated heterocycles. The molecule has 0 bridgehead atoms. The molecule has 3 nitrogen and oxygen atoms in total. The molecule has 1 heterocycles. The summed E-state index contributed by atoms with van der Waals surface area (Å²) >= 11 is 5.37. The van der Waals surface area contributed by atoms with E-state index in [1.54, 1.807) is 18.2 Å². The number of aromatic hydroxyl groups is 2. The fourth-order valence-electron chi connectivity index (χ4n) is 2.07. The fourth-order valence-corrected chi connectivity index (χ4v) is 2.48. The van der Waals surface area contributed by atoms with Gasteiger partial charge in [-0.05, 0) is 17.7 Å². The Balaban J connectivity index is 0.00000110. The molecule has 0 aliphatic heterocycles. The van der Waals surface area contributed by atoms with E-state index in [0.717, 1.165) is 5.56 Å². The molecule has 0 aliphatic carbocycles. The van der Waals surface area contributed by atoms with Crippen LogP contribution >= 0.6 is 12.2 Å². The first-order chi connectivity index (χ1) is 9.18. The zero-order valence-electron chi connectivity index (χ0n) is 10.6. The second-order valence-corrected chi connectivity index (χ2v) is 4.54. The van der Waals surface area contributed by atoms with Gasteiger partial charge in [-0.2, -0.15) is 0 Å². The van der Waals surface area contributed by atoms with E-state index in [1.807, 2.05) is 30.3 Å². The Hall–Kier alpha value is -1.25. The van der Waals surface area contributed by atoms with Gasteiger partial charge in [0.2, 0.25) is 0 Å². The van der Waals surface area contributed by atoms with E-state index < -0.39 is 0 Å². The van der Waals surface area contributed by atoms with Crippen molar-refractivity contribution in [3.63, 3.8) is 0 Å². The summed E-state index contributed by atoms with van der Waals surface area (Å²) in [5.74, 6) is -0.197. The average molecular weight is 409 g/mol. The largest absolute Gasteiger partial charge is 0.507 e. The maximum Gasteiger partial charge on any atom is 0.291 e. The molecule has 3 aromatic rings. The molecule has 0 spiro atoms. The van der Waals surface area contributed by atoms with Gasteiger partial charge in [-0.15, -0.1) is 0 Å². The molecule has 3 rings (SSSR count). The van der Waals surface area contributed by atoms with Gasteiger partial charge in [-0.3, -0.25) is 0 Å². The first-order valence-corrected chi connectivity index (χ1v) is 6.12. The Bertz CT molecular complexity index is 818. The van der Waals surface area contributed by atoms with Crippen LogP contribution in [0.3, 0.4) is 0 Å². The average Bonchev–Trinajstić information content (AvgIpc) is 2.39. The fraction of sp³-hybridized carbons (Fsp3) is 0. The van der Waals surface area contributed by atoms with Gasteiger partial charge in [-0.1, -0.05) is 48.6 Å². The Morgan fingerprint density at radius 2 is 1.57 bits per heavy atom. The molecule has 0 aliphatic rings. The van der Waals surface area contributed by atoms with Gasteiger partial charge in [0.25, 0.3) is 5.95 Å². The SMILES string of the molecule is Oc1oc2cccc(O)c2c(=S)c1-c1ccccc1.[As].[Cu]. The summed E-state index contributed by atoms with van der Waals surface area (Å²) in [5.41, 5.74) is 1.53. The van der Waals surface area contributed by atoms with E-state index >= 15 is 0 Å². The number of phenolic OH excluding ortho intramolecular Hbond substituents is 1. The van der Waals surface area contributed by atoms with Crippen molar-refractivity contribution >= 4 is 41.1 Å². The Morgan fingerprint density at radius 1 is 0.905 bits per heavy atom. The second-order valence-electron chi connectivity index (χ2n) is 4.13. The molecule has 1 aromatic heterocycles. The van der Waals surface area contributed by atoms with E-state index in [1.165, 1.54) is 0 Å². The first kappa shape index (κ1) is 17.8. The van der Waals surface area contributed by atoms with Crippen LogP contribution in [0, 0.1) is 4.51 Å². The van der Waals surface area contributed by atoms with Crippen LogP contribution in [-0.4, -0.2) is 28.2 Å². The number of rotatable bonds is 1. The van der Waals surface area contributed by atoms with Crippen molar-refractivity contribution in [2.24, 2.45) is 0 Å². The Labute approximate surface area is 148 Å². The van der Waals surface area contributed by atoms with Crippen LogP contribution in [0.2, 0.25) is 0 Å². The van der Waals surface area contributed by atoms with Crippen LogP contribution in [0.5, 0.6) is 11.7 Å². The smallest absolute Gasteiger partial charge is 0.291 e. The maximum absolute atomic E-state index is 10.0. The van der Waals surface area contributed by atoms with Gasteiger partial charge in [-0.25, -0.2) is 0 Å². The van der Waals surface area contributed by atoms with Crippen LogP contribution in [0.4, 0.5) is 0 Å².